The Balaban J connectivity index is 2.45. The third kappa shape index (κ3) is 1.95. The van der Waals surface area contributed by atoms with Crippen LogP contribution in [-0.2, 0) is 0 Å². The minimum atomic E-state index is -0.997. The number of hydrogen-bond donors (Lipinski definition) is 1. The van der Waals surface area contributed by atoms with Gasteiger partial charge in [-0.25, -0.2) is 4.79 Å². The molecule has 0 radical (unpaired) electrons. The lowest BCUT2D eigenvalue weighted by Gasteiger charge is -2.08. The van der Waals surface area contributed by atoms with Crippen molar-refractivity contribution >= 4 is 27.5 Å². The zero-order chi connectivity index (χ0) is 11.7. The minimum absolute atomic E-state index is 0.165. The van der Waals surface area contributed by atoms with Gasteiger partial charge < -0.3 is 9.63 Å². The van der Waals surface area contributed by atoms with Crippen LogP contribution in [0.2, 0.25) is 0 Å². The van der Waals surface area contributed by atoms with Gasteiger partial charge in [0.2, 0.25) is 0 Å². The van der Waals surface area contributed by atoms with E-state index >= 15 is 0 Å². The van der Waals surface area contributed by atoms with Gasteiger partial charge in [-0.1, -0.05) is 33.2 Å². The fourth-order valence-electron chi connectivity index (χ4n) is 1.64. The van der Waals surface area contributed by atoms with Gasteiger partial charge in [0.1, 0.15) is 5.56 Å². The van der Waals surface area contributed by atoms with Gasteiger partial charge in [-0.05, 0) is 29.8 Å². The lowest BCUT2D eigenvalue weighted by Crippen LogP contribution is -2.02. The number of aromatic nitrogens is 1. The monoisotopic (exact) mass is 283 g/mol. The molecule has 84 valence electrons. The van der Waals surface area contributed by atoms with Crippen molar-refractivity contribution < 1.29 is 14.4 Å². The standard InChI is InChI=1S/C11H10BrNO3/c1-6-9(11(14)15)10(16-13-6)7-2-4-8(12)5-3-7/h2,4H,3,5H2,1H3,(H,14,15). The smallest absolute Gasteiger partial charge is 0.341 e. The number of aryl methyl sites for hydroxylation is 1. The zero-order valence-corrected chi connectivity index (χ0v) is 10.2. The van der Waals surface area contributed by atoms with Crippen LogP contribution in [0.5, 0.6) is 0 Å². The van der Waals surface area contributed by atoms with Gasteiger partial charge in [0.15, 0.2) is 5.76 Å². The van der Waals surface area contributed by atoms with E-state index in [9.17, 15) is 4.79 Å². The van der Waals surface area contributed by atoms with E-state index in [0.29, 0.717) is 11.5 Å². The summed E-state index contributed by atoms with van der Waals surface area (Å²) in [4.78, 5) is 11.1. The van der Waals surface area contributed by atoms with Gasteiger partial charge in [-0.2, -0.15) is 0 Å². The Bertz CT molecular complexity index is 499. The molecule has 4 nitrogen and oxygen atoms in total. The largest absolute Gasteiger partial charge is 0.477 e. The number of carboxylic acid groups (broad SMARTS) is 1. The average Bonchev–Trinajstić information content (AvgIpc) is 2.61. The molecule has 1 heterocycles. The van der Waals surface area contributed by atoms with E-state index in [2.05, 4.69) is 21.1 Å². The van der Waals surface area contributed by atoms with Crippen LogP contribution in [0.3, 0.4) is 0 Å². The van der Waals surface area contributed by atoms with Crippen LogP contribution in [0.15, 0.2) is 21.2 Å². The third-order valence-electron chi connectivity index (χ3n) is 2.47. The topological polar surface area (TPSA) is 63.3 Å². The van der Waals surface area contributed by atoms with Crippen LogP contribution in [0.4, 0.5) is 0 Å². The Hall–Kier alpha value is -1.36. The maximum Gasteiger partial charge on any atom is 0.341 e. The summed E-state index contributed by atoms with van der Waals surface area (Å²) < 4.78 is 6.19. The predicted molar refractivity (Wildman–Crippen MR) is 62.4 cm³/mol. The summed E-state index contributed by atoms with van der Waals surface area (Å²) in [6, 6.07) is 0. The summed E-state index contributed by atoms with van der Waals surface area (Å²) >= 11 is 3.39. The second-order valence-electron chi connectivity index (χ2n) is 3.58. The van der Waals surface area contributed by atoms with E-state index in [1.165, 1.54) is 0 Å². The lowest BCUT2D eigenvalue weighted by molar-refractivity contribution is 0.0695. The van der Waals surface area contributed by atoms with Crippen molar-refractivity contribution in [3.05, 3.63) is 33.7 Å². The predicted octanol–water partition coefficient (Wildman–Crippen LogP) is 3.14. The highest BCUT2D eigenvalue weighted by molar-refractivity contribution is 9.11. The average molecular weight is 284 g/mol. The number of aromatic carboxylic acids is 1. The first-order valence-corrected chi connectivity index (χ1v) is 5.64. The minimum Gasteiger partial charge on any atom is -0.477 e. The van der Waals surface area contributed by atoms with Crippen molar-refractivity contribution in [2.75, 3.05) is 0 Å². The van der Waals surface area contributed by atoms with Gasteiger partial charge in [0, 0.05) is 0 Å². The number of allylic oxidation sites excluding steroid dienone is 4. The molecule has 5 heteroatoms. The maximum atomic E-state index is 11.1. The Morgan fingerprint density at radius 2 is 2.25 bits per heavy atom. The molecule has 1 aromatic rings. The molecule has 2 rings (SSSR count). The van der Waals surface area contributed by atoms with Crippen LogP contribution in [0.25, 0.3) is 5.57 Å². The molecule has 1 aliphatic rings. The zero-order valence-electron chi connectivity index (χ0n) is 8.66. The first kappa shape index (κ1) is 11.1. The molecule has 0 fully saturated rings. The van der Waals surface area contributed by atoms with Gasteiger partial charge in [-0.15, -0.1) is 0 Å². The van der Waals surface area contributed by atoms with E-state index in [1.807, 2.05) is 12.2 Å². The number of nitrogens with zero attached hydrogens (tertiary/aromatic N) is 1. The Kier molecular flexibility index (Phi) is 2.96. The molecule has 0 saturated heterocycles. The van der Waals surface area contributed by atoms with Crippen LogP contribution >= 0.6 is 15.9 Å². The molecular formula is C11H10BrNO3. The fourth-order valence-corrected chi connectivity index (χ4v) is 1.97. The van der Waals surface area contributed by atoms with Gasteiger partial charge in [0.25, 0.3) is 0 Å². The summed E-state index contributed by atoms with van der Waals surface area (Å²) in [5, 5.41) is 12.8. The highest BCUT2D eigenvalue weighted by Crippen LogP contribution is 2.31. The molecule has 0 saturated carbocycles. The van der Waals surface area contributed by atoms with Crippen molar-refractivity contribution in [3.8, 4) is 0 Å². The number of halogens is 1. The SMILES string of the molecule is Cc1noc(C2=CC=C(Br)CC2)c1C(=O)O. The number of rotatable bonds is 2. The summed E-state index contributed by atoms with van der Waals surface area (Å²) in [6.45, 7) is 1.63. The second kappa shape index (κ2) is 4.25. The molecule has 0 bridgehead atoms. The molecule has 1 aliphatic carbocycles. The molecule has 0 aliphatic heterocycles. The normalized spacial score (nSPS) is 15.6. The van der Waals surface area contributed by atoms with Crippen molar-refractivity contribution in [1.29, 1.82) is 0 Å². The number of hydrogen-bond acceptors (Lipinski definition) is 3. The van der Waals surface area contributed by atoms with Gasteiger partial charge in [-0.3, -0.25) is 0 Å². The van der Waals surface area contributed by atoms with Crippen molar-refractivity contribution in [2.45, 2.75) is 19.8 Å². The van der Waals surface area contributed by atoms with E-state index in [1.54, 1.807) is 6.92 Å². The molecule has 1 aromatic heterocycles. The Labute approximate surface area is 101 Å². The first-order valence-electron chi connectivity index (χ1n) is 4.84. The molecular weight excluding hydrogens is 274 g/mol. The Morgan fingerprint density at radius 3 is 2.81 bits per heavy atom. The van der Waals surface area contributed by atoms with Crippen molar-refractivity contribution in [1.82, 2.24) is 5.16 Å². The summed E-state index contributed by atoms with van der Waals surface area (Å²) in [5.41, 5.74) is 1.45. The molecule has 1 N–H and O–H groups in total. The summed E-state index contributed by atoms with van der Waals surface area (Å²) in [7, 11) is 0. The maximum absolute atomic E-state index is 11.1. The van der Waals surface area contributed by atoms with Gasteiger partial charge in [0.05, 0.1) is 5.69 Å². The molecule has 16 heavy (non-hydrogen) atoms. The second-order valence-corrected chi connectivity index (χ2v) is 4.60. The first-order chi connectivity index (χ1) is 7.59. The molecule has 0 aromatic carbocycles. The van der Waals surface area contributed by atoms with Crippen LogP contribution < -0.4 is 0 Å². The molecule has 0 spiro atoms. The highest BCUT2D eigenvalue weighted by atomic mass is 79.9. The molecule has 0 atom stereocenters. The number of carboxylic acids is 1. The van der Waals surface area contributed by atoms with E-state index < -0.39 is 5.97 Å². The van der Waals surface area contributed by atoms with Crippen LogP contribution in [0, 0.1) is 6.92 Å². The molecule has 0 amide bonds. The summed E-state index contributed by atoms with van der Waals surface area (Å²) in [6.07, 6.45) is 5.37. The lowest BCUT2D eigenvalue weighted by atomic mass is 9.99. The van der Waals surface area contributed by atoms with Crippen molar-refractivity contribution in [2.24, 2.45) is 0 Å². The summed E-state index contributed by atoms with van der Waals surface area (Å²) in [5.74, 6) is -0.621. The van der Waals surface area contributed by atoms with Crippen LogP contribution in [-0.4, -0.2) is 16.2 Å². The Morgan fingerprint density at radius 1 is 1.50 bits per heavy atom. The molecule has 0 unspecified atom stereocenters. The third-order valence-corrected chi connectivity index (χ3v) is 3.13. The van der Waals surface area contributed by atoms with E-state index in [4.69, 9.17) is 9.63 Å². The quantitative estimate of drug-likeness (QED) is 0.906. The fraction of sp³-hybridized carbons (Fsp3) is 0.273. The van der Waals surface area contributed by atoms with E-state index in [0.717, 1.165) is 22.9 Å². The number of carbonyl (C=O) groups is 1. The van der Waals surface area contributed by atoms with E-state index in [-0.39, 0.29) is 5.56 Å². The highest BCUT2D eigenvalue weighted by Gasteiger charge is 2.23. The van der Waals surface area contributed by atoms with Crippen LogP contribution in [0.1, 0.15) is 34.7 Å². The van der Waals surface area contributed by atoms with Crippen molar-refractivity contribution in [3.63, 3.8) is 0 Å². The van der Waals surface area contributed by atoms with Gasteiger partial charge >= 0.3 is 5.97 Å².